The molecule has 2 aliphatic rings. The maximum atomic E-state index is 8.95. The Hall–Kier alpha value is -1.05. The van der Waals surface area contributed by atoms with E-state index < -0.39 is 0 Å². The first-order valence-electron chi connectivity index (χ1n) is 7.77. The Balaban J connectivity index is 1.75. The Kier molecular flexibility index (Phi) is 4.24. The fraction of sp³-hybridized carbons (Fsp3) is 0.588. The highest BCUT2D eigenvalue weighted by Gasteiger charge is 2.56. The summed E-state index contributed by atoms with van der Waals surface area (Å²) in [6, 6.07) is 8.40. The van der Waals surface area contributed by atoms with Gasteiger partial charge in [-0.05, 0) is 60.3 Å². The van der Waals surface area contributed by atoms with Crippen molar-refractivity contribution in [3.8, 4) is 6.07 Å². The van der Waals surface area contributed by atoms with Gasteiger partial charge in [0.15, 0.2) is 0 Å². The largest absolute Gasteiger partial charge is 0.381 e. The van der Waals surface area contributed by atoms with Crippen molar-refractivity contribution in [1.82, 2.24) is 0 Å². The second kappa shape index (κ2) is 5.98. The molecule has 4 heteroatoms. The quantitative estimate of drug-likeness (QED) is 0.872. The molecule has 0 amide bonds. The first-order chi connectivity index (χ1) is 10.2. The molecular weight excluding hydrogens is 328 g/mol. The number of anilines is 1. The zero-order chi connectivity index (χ0) is 14.9. The van der Waals surface area contributed by atoms with Gasteiger partial charge in [0.1, 0.15) is 0 Å². The molecule has 2 fully saturated rings. The topological polar surface area (TPSA) is 45.0 Å². The number of halogens is 1. The lowest BCUT2D eigenvalue weighted by atomic mass is 9.60. The van der Waals surface area contributed by atoms with Crippen LogP contribution < -0.4 is 5.32 Å². The number of nitrogens with one attached hydrogen (secondary N) is 1. The molecule has 0 aliphatic heterocycles. The van der Waals surface area contributed by atoms with Gasteiger partial charge in [0.2, 0.25) is 0 Å². The van der Waals surface area contributed by atoms with Crippen LogP contribution in [-0.2, 0) is 4.74 Å². The molecule has 21 heavy (non-hydrogen) atoms. The molecule has 0 bridgehead atoms. The summed E-state index contributed by atoms with van der Waals surface area (Å²) < 4.78 is 6.92. The van der Waals surface area contributed by atoms with E-state index in [1.54, 1.807) is 0 Å². The van der Waals surface area contributed by atoms with Crippen molar-refractivity contribution >= 4 is 21.6 Å². The number of hydrogen-bond donors (Lipinski definition) is 1. The maximum absolute atomic E-state index is 8.95. The van der Waals surface area contributed by atoms with Gasteiger partial charge in [-0.15, -0.1) is 0 Å². The number of hydrogen-bond acceptors (Lipinski definition) is 3. The molecule has 3 rings (SSSR count). The third kappa shape index (κ3) is 2.58. The summed E-state index contributed by atoms with van der Waals surface area (Å²) in [5, 5.41) is 12.6. The van der Waals surface area contributed by atoms with E-state index in [9.17, 15) is 0 Å². The average Bonchev–Trinajstić information content (AvgIpc) is 3.00. The average molecular weight is 349 g/mol. The van der Waals surface area contributed by atoms with E-state index in [0.717, 1.165) is 23.2 Å². The lowest BCUT2D eigenvalue weighted by Gasteiger charge is -2.54. The van der Waals surface area contributed by atoms with Gasteiger partial charge in [0.05, 0.1) is 17.7 Å². The van der Waals surface area contributed by atoms with Crippen molar-refractivity contribution in [3.63, 3.8) is 0 Å². The lowest BCUT2D eigenvalue weighted by molar-refractivity contribution is -0.114. The van der Waals surface area contributed by atoms with E-state index in [-0.39, 0.29) is 0 Å². The Morgan fingerprint density at radius 1 is 1.43 bits per heavy atom. The van der Waals surface area contributed by atoms with Crippen LogP contribution in [0.1, 0.15) is 44.6 Å². The molecule has 3 nitrogen and oxygen atoms in total. The third-order valence-electron chi connectivity index (χ3n) is 5.12. The van der Waals surface area contributed by atoms with Crippen LogP contribution in [0.4, 0.5) is 5.69 Å². The summed E-state index contributed by atoms with van der Waals surface area (Å²) in [5.41, 5.74) is 2.09. The first kappa shape index (κ1) is 14.9. The van der Waals surface area contributed by atoms with Gasteiger partial charge in [0.25, 0.3) is 0 Å². The van der Waals surface area contributed by atoms with Gasteiger partial charge in [-0.3, -0.25) is 0 Å². The highest BCUT2D eigenvalue weighted by atomic mass is 79.9. The highest BCUT2D eigenvalue weighted by molar-refractivity contribution is 9.10. The summed E-state index contributed by atoms with van der Waals surface area (Å²) >= 11 is 3.57. The van der Waals surface area contributed by atoms with Crippen molar-refractivity contribution < 1.29 is 4.74 Å². The second-order valence-corrected chi connectivity index (χ2v) is 6.98. The van der Waals surface area contributed by atoms with Crippen LogP contribution in [-0.4, -0.2) is 18.8 Å². The van der Waals surface area contributed by atoms with Crippen LogP contribution in [0.2, 0.25) is 0 Å². The van der Waals surface area contributed by atoms with Crippen molar-refractivity contribution in [2.24, 2.45) is 5.41 Å². The third-order valence-corrected chi connectivity index (χ3v) is 5.77. The van der Waals surface area contributed by atoms with Gasteiger partial charge < -0.3 is 10.1 Å². The zero-order valence-electron chi connectivity index (χ0n) is 12.4. The zero-order valence-corrected chi connectivity index (χ0v) is 13.9. The summed E-state index contributed by atoms with van der Waals surface area (Å²) in [6.45, 7) is 2.89. The van der Waals surface area contributed by atoms with Crippen molar-refractivity contribution in [1.29, 1.82) is 5.26 Å². The van der Waals surface area contributed by atoms with Gasteiger partial charge in [-0.2, -0.15) is 5.26 Å². The molecule has 2 atom stereocenters. The molecule has 2 unspecified atom stereocenters. The van der Waals surface area contributed by atoms with Gasteiger partial charge >= 0.3 is 0 Å². The standard InChI is InChI=1S/C17H21BrN2O/c1-2-21-16-10-15(17(16)7-3-4-8-17)20-14-6-5-12(11-19)9-13(14)18/h5-6,9,15-16,20H,2-4,7-8,10H2,1H3. The molecular formula is C17H21BrN2O. The molecule has 1 N–H and O–H groups in total. The SMILES string of the molecule is CCOC1CC(Nc2ccc(C#N)cc2Br)C12CCCC2. The number of nitriles is 1. The van der Waals surface area contributed by atoms with Crippen LogP contribution in [0, 0.1) is 16.7 Å². The van der Waals surface area contributed by atoms with E-state index in [4.69, 9.17) is 10.00 Å². The Labute approximate surface area is 134 Å². The lowest BCUT2D eigenvalue weighted by Crippen LogP contribution is -2.60. The highest BCUT2D eigenvalue weighted by Crippen LogP contribution is 2.55. The first-order valence-corrected chi connectivity index (χ1v) is 8.56. The molecule has 1 aromatic carbocycles. The van der Waals surface area contributed by atoms with Crippen molar-refractivity contribution in [2.45, 2.75) is 51.2 Å². The summed E-state index contributed by atoms with van der Waals surface area (Å²) in [6.07, 6.45) is 6.67. The minimum Gasteiger partial charge on any atom is -0.381 e. The van der Waals surface area contributed by atoms with Crippen LogP contribution in [0.25, 0.3) is 0 Å². The fourth-order valence-corrected chi connectivity index (χ4v) is 4.47. The normalized spacial score (nSPS) is 26.3. The van der Waals surface area contributed by atoms with Gasteiger partial charge in [-0.1, -0.05) is 12.8 Å². The number of rotatable bonds is 4. The predicted molar refractivity (Wildman–Crippen MR) is 87.2 cm³/mol. The molecule has 0 heterocycles. The molecule has 0 radical (unpaired) electrons. The van der Waals surface area contributed by atoms with Crippen molar-refractivity contribution in [3.05, 3.63) is 28.2 Å². The van der Waals surface area contributed by atoms with Crippen molar-refractivity contribution in [2.75, 3.05) is 11.9 Å². The molecule has 2 aliphatic carbocycles. The summed E-state index contributed by atoms with van der Waals surface area (Å²) in [4.78, 5) is 0. The number of benzene rings is 1. The van der Waals surface area contributed by atoms with E-state index in [1.807, 2.05) is 18.2 Å². The minimum atomic E-state index is 0.323. The maximum Gasteiger partial charge on any atom is 0.0992 e. The molecule has 0 aromatic heterocycles. The molecule has 1 aromatic rings. The van der Waals surface area contributed by atoms with E-state index in [1.165, 1.54) is 25.7 Å². The van der Waals surface area contributed by atoms with E-state index in [2.05, 4.69) is 34.2 Å². The monoisotopic (exact) mass is 348 g/mol. The van der Waals surface area contributed by atoms with E-state index in [0.29, 0.717) is 23.1 Å². The Morgan fingerprint density at radius 2 is 2.19 bits per heavy atom. The molecule has 2 saturated carbocycles. The van der Waals surface area contributed by atoms with Crippen LogP contribution in [0.3, 0.4) is 0 Å². The predicted octanol–water partition coefficient (Wildman–Crippen LogP) is 4.47. The summed E-state index contributed by atoms with van der Waals surface area (Å²) in [7, 11) is 0. The Morgan fingerprint density at radius 3 is 2.81 bits per heavy atom. The molecule has 1 spiro atoms. The smallest absolute Gasteiger partial charge is 0.0992 e. The van der Waals surface area contributed by atoms with Gasteiger partial charge in [-0.25, -0.2) is 0 Å². The fourth-order valence-electron chi connectivity index (χ4n) is 3.98. The summed E-state index contributed by atoms with van der Waals surface area (Å²) in [5.74, 6) is 0. The van der Waals surface area contributed by atoms with Crippen LogP contribution in [0.5, 0.6) is 0 Å². The molecule has 0 saturated heterocycles. The minimum absolute atomic E-state index is 0.323. The number of ether oxygens (including phenoxy) is 1. The molecule has 112 valence electrons. The second-order valence-electron chi connectivity index (χ2n) is 6.12. The van der Waals surface area contributed by atoms with Gasteiger partial charge in [0, 0.05) is 28.2 Å². The van der Waals surface area contributed by atoms with Crippen LogP contribution >= 0.6 is 15.9 Å². The van der Waals surface area contributed by atoms with E-state index >= 15 is 0 Å². The number of nitrogens with zero attached hydrogens (tertiary/aromatic N) is 1. The van der Waals surface area contributed by atoms with Crippen LogP contribution in [0.15, 0.2) is 22.7 Å². The Bertz CT molecular complexity index is 560.